The van der Waals surface area contributed by atoms with Gasteiger partial charge in [0.2, 0.25) is 11.8 Å². The summed E-state index contributed by atoms with van der Waals surface area (Å²) in [6, 6.07) is 7.79. The Hall–Kier alpha value is -3.88. The molecule has 2 aromatic heterocycles. The van der Waals surface area contributed by atoms with E-state index in [0.717, 1.165) is 5.56 Å². The second kappa shape index (κ2) is 9.55. The molecule has 1 aliphatic rings. The average Bonchev–Trinajstić information content (AvgIpc) is 2.73. The number of nitrogens with two attached hydrogens (primary N) is 1. The molecule has 4 amide bonds. The zero-order valence-corrected chi connectivity index (χ0v) is 16.1. The lowest BCUT2D eigenvalue weighted by Crippen LogP contribution is -2.52. The highest BCUT2D eigenvalue weighted by Gasteiger charge is 2.28. The van der Waals surface area contributed by atoms with E-state index in [4.69, 9.17) is 5.73 Å². The number of allylic oxidation sites excluding steroid dienone is 1. The number of hydrogen-bond acceptors (Lipinski definition) is 6. The van der Waals surface area contributed by atoms with Gasteiger partial charge < -0.3 is 11.1 Å². The number of piperidine rings is 1. The van der Waals surface area contributed by atoms with Crippen LogP contribution in [-0.4, -0.2) is 39.6 Å². The van der Waals surface area contributed by atoms with Gasteiger partial charge in [-0.15, -0.1) is 0 Å². The third-order valence-corrected chi connectivity index (χ3v) is 4.54. The zero-order valence-electron chi connectivity index (χ0n) is 16.1. The van der Waals surface area contributed by atoms with Crippen molar-refractivity contribution in [2.45, 2.75) is 31.7 Å². The predicted octanol–water partition coefficient (Wildman–Crippen LogP) is 0.756. The van der Waals surface area contributed by atoms with Crippen LogP contribution >= 0.6 is 0 Å². The Labute approximate surface area is 172 Å². The quantitative estimate of drug-likeness (QED) is 0.578. The summed E-state index contributed by atoms with van der Waals surface area (Å²) in [4.78, 5) is 55.1. The first-order valence-electron chi connectivity index (χ1n) is 9.46. The molecule has 0 bridgehead atoms. The normalized spacial score (nSPS) is 16.3. The fourth-order valence-electron chi connectivity index (χ4n) is 3.04. The Balaban J connectivity index is 1.59. The van der Waals surface area contributed by atoms with Crippen LogP contribution in [0.2, 0.25) is 0 Å². The van der Waals surface area contributed by atoms with Crippen molar-refractivity contribution in [2.75, 3.05) is 0 Å². The monoisotopic (exact) mass is 407 g/mol. The van der Waals surface area contributed by atoms with Gasteiger partial charge in [0, 0.05) is 12.6 Å². The van der Waals surface area contributed by atoms with Gasteiger partial charge in [0.15, 0.2) is 0 Å². The number of hydrogen-bond donors (Lipinski definition) is 3. The molecule has 4 N–H and O–H groups in total. The van der Waals surface area contributed by atoms with E-state index in [0.29, 0.717) is 18.5 Å². The highest BCUT2D eigenvalue weighted by atomic mass is 16.2. The molecule has 0 radical (unpaired) electrons. The van der Waals surface area contributed by atoms with Crippen LogP contribution in [-0.2, 0) is 16.0 Å². The number of nitrogens with one attached hydrogen (secondary N) is 2. The summed E-state index contributed by atoms with van der Waals surface area (Å²) in [6.45, 7) is 0. The standard InChI is InChI=1S/C21H21N5O4/c22-19(28)18-13(6-4-12-23-18)5-1-2-7-14-8-3-9-15(24-14)20(29)25-16-10-11-17(27)26-21(16)30/h2-4,6-9,12,16H,1,5,10-11H2,(H2,22,28)(H,25,29)(H,26,27,30). The largest absolute Gasteiger partial charge is 0.364 e. The first-order chi connectivity index (χ1) is 14.4. The first-order valence-corrected chi connectivity index (χ1v) is 9.46. The minimum Gasteiger partial charge on any atom is -0.364 e. The Kier molecular flexibility index (Phi) is 6.63. The summed E-state index contributed by atoms with van der Waals surface area (Å²) >= 11 is 0. The zero-order chi connectivity index (χ0) is 21.5. The van der Waals surface area contributed by atoms with Gasteiger partial charge in [-0.25, -0.2) is 4.98 Å². The minimum absolute atomic E-state index is 0.171. The summed E-state index contributed by atoms with van der Waals surface area (Å²) in [5, 5.41) is 4.80. The van der Waals surface area contributed by atoms with Crippen molar-refractivity contribution in [2.24, 2.45) is 5.73 Å². The van der Waals surface area contributed by atoms with E-state index in [-0.39, 0.29) is 30.1 Å². The Morgan fingerprint density at radius 2 is 2.07 bits per heavy atom. The molecule has 0 aliphatic carbocycles. The van der Waals surface area contributed by atoms with Crippen molar-refractivity contribution in [1.29, 1.82) is 0 Å². The average molecular weight is 407 g/mol. The number of amides is 4. The van der Waals surface area contributed by atoms with Crippen LogP contribution in [0.4, 0.5) is 0 Å². The lowest BCUT2D eigenvalue weighted by Gasteiger charge is -2.21. The van der Waals surface area contributed by atoms with Gasteiger partial charge in [-0.1, -0.05) is 18.2 Å². The van der Waals surface area contributed by atoms with Crippen molar-refractivity contribution in [1.82, 2.24) is 20.6 Å². The molecule has 0 aromatic carbocycles. The van der Waals surface area contributed by atoms with E-state index >= 15 is 0 Å². The number of nitrogens with zero attached hydrogens (tertiary/aromatic N) is 2. The van der Waals surface area contributed by atoms with Crippen LogP contribution in [0.25, 0.3) is 6.08 Å². The summed E-state index contributed by atoms with van der Waals surface area (Å²) in [7, 11) is 0. The fourth-order valence-corrected chi connectivity index (χ4v) is 3.04. The maximum atomic E-state index is 12.4. The number of pyridine rings is 2. The molecule has 9 nitrogen and oxygen atoms in total. The molecule has 1 fully saturated rings. The maximum absolute atomic E-state index is 12.4. The summed E-state index contributed by atoms with van der Waals surface area (Å²) in [5.41, 5.74) is 7.10. The van der Waals surface area contributed by atoms with Gasteiger partial charge in [0.05, 0.1) is 5.69 Å². The third kappa shape index (κ3) is 5.34. The lowest BCUT2D eigenvalue weighted by molar-refractivity contribution is -0.134. The van der Waals surface area contributed by atoms with Crippen molar-refractivity contribution >= 4 is 29.7 Å². The van der Waals surface area contributed by atoms with E-state index in [1.807, 2.05) is 6.08 Å². The lowest BCUT2D eigenvalue weighted by atomic mass is 10.1. The van der Waals surface area contributed by atoms with Crippen molar-refractivity contribution in [3.8, 4) is 0 Å². The third-order valence-electron chi connectivity index (χ3n) is 4.54. The Bertz CT molecular complexity index is 1020. The topological polar surface area (TPSA) is 144 Å². The second-order valence-corrected chi connectivity index (χ2v) is 6.74. The minimum atomic E-state index is -0.755. The van der Waals surface area contributed by atoms with E-state index in [1.165, 1.54) is 6.20 Å². The molecule has 0 spiro atoms. The summed E-state index contributed by atoms with van der Waals surface area (Å²) in [5.74, 6) is -1.90. The maximum Gasteiger partial charge on any atom is 0.270 e. The molecule has 0 saturated carbocycles. The Morgan fingerprint density at radius 1 is 1.23 bits per heavy atom. The second-order valence-electron chi connectivity index (χ2n) is 6.74. The van der Waals surface area contributed by atoms with E-state index in [1.54, 1.807) is 36.4 Å². The van der Waals surface area contributed by atoms with Crippen LogP contribution in [0.1, 0.15) is 51.5 Å². The van der Waals surface area contributed by atoms with Gasteiger partial charge in [-0.05, 0) is 49.1 Å². The summed E-state index contributed by atoms with van der Waals surface area (Å²) < 4.78 is 0. The SMILES string of the molecule is NC(=O)c1ncccc1CCC=Cc1cccc(C(=O)NC2CCC(=O)NC2=O)n1. The van der Waals surface area contributed by atoms with Crippen LogP contribution in [0.3, 0.4) is 0 Å². The molecule has 1 unspecified atom stereocenters. The molecule has 1 aliphatic heterocycles. The molecule has 30 heavy (non-hydrogen) atoms. The number of aryl methyl sites for hydroxylation is 1. The number of carbonyl (C=O) groups excluding carboxylic acids is 4. The van der Waals surface area contributed by atoms with Gasteiger partial charge in [-0.2, -0.15) is 0 Å². The van der Waals surface area contributed by atoms with Crippen LogP contribution in [0.5, 0.6) is 0 Å². The van der Waals surface area contributed by atoms with Gasteiger partial charge in [0.1, 0.15) is 17.4 Å². The number of primary amides is 1. The Morgan fingerprint density at radius 3 is 2.83 bits per heavy atom. The smallest absolute Gasteiger partial charge is 0.270 e. The molecular weight excluding hydrogens is 386 g/mol. The molecule has 1 atom stereocenters. The molecule has 154 valence electrons. The van der Waals surface area contributed by atoms with Gasteiger partial charge in [0.25, 0.3) is 11.8 Å². The first kappa shape index (κ1) is 20.8. The van der Waals surface area contributed by atoms with Gasteiger partial charge >= 0.3 is 0 Å². The van der Waals surface area contributed by atoms with E-state index < -0.39 is 23.8 Å². The molecule has 2 aromatic rings. The van der Waals surface area contributed by atoms with Gasteiger partial charge in [-0.3, -0.25) is 29.5 Å². The number of carbonyl (C=O) groups is 4. The molecule has 9 heteroatoms. The van der Waals surface area contributed by atoms with E-state index in [2.05, 4.69) is 20.6 Å². The highest BCUT2D eigenvalue weighted by Crippen LogP contribution is 2.10. The van der Waals surface area contributed by atoms with Crippen molar-refractivity contribution < 1.29 is 19.2 Å². The predicted molar refractivity (Wildman–Crippen MR) is 108 cm³/mol. The number of aromatic nitrogens is 2. The molecule has 3 heterocycles. The fraction of sp³-hybridized carbons (Fsp3) is 0.238. The van der Waals surface area contributed by atoms with Crippen LogP contribution in [0, 0.1) is 0 Å². The molecule has 1 saturated heterocycles. The summed E-state index contributed by atoms with van der Waals surface area (Å²) in [6.07, 6.45) is 6.82. The van der Waals surface area contributed by atoms with Crippen LogP contribution in [0.15, 0.2) is 42.6 Å². The van der Waals surface area contributed by atoms with Crippen molar-refractivity contribution in [3.63, 3.8) is 0 Å². The molecule has 3 rings (SSSR count). The van der Waals surface area contributed by atoms with Crippen LogP contribution < -0.4 is 16.4 Å². The number of rotatable bonds is 7. The number of imide groups is 1. The highest BCUT2D eigenvalue weighted by molar-refractivity contribution is 6.03. The van der Waals surface area contributed by atoms with E-state index in [9.17, 15) is 19.2 Å². The van der Waals surface area contributed by atoms with Crippen molar-refractivity contribution in [3.05, 3.63) is 65.2 Å². The molecular formula is C21H21N5O4.